The van der Waals surface area contributed by atoms with Gasteiger partial charge < -0.3 is 21.1 Å². The van der Waals surface area contributed by atoms with Gasteiger partial charge in [0.25, 0.3) is 0 Å². The Morgan fingerprint density at radius 2 is 1.47 bits per heavy atom. The molecule has 0 radical (unpaired) electrons. The summed E-state index contributed by atoms with van der Waals surface area (Å²) >= 11 is 0. The van der Waals surface area contributed by atoms with Crippen LogP contribution in [0.5, 0.6) is 0 Å². The maximum absolute atomic E-state index is 13.3. The molecule has 4 aliphatic rings. The summed E-state index contributed by atoms with van der Waals surface area (Å²) in [5.41, 5.74) is 14.3. The molecule has 0 spiro atoms. The van der Waals surface area contributed by atoms with Gasteiger partial charge in [0.2, 0.25) is 5.91 Å². The second-order valence-corrected chi connectivity index (χ2v) is 21.1. The molecule has 0 aromatic heterocycles. The molecule has 8 atom stereocenters. The van der Waals surface area contributed by atoms with E-state index in [4.69, 9.17) is 16.2 Å². The van der Waals surface area contributed by atoms with Crippen molar-refractivity contribution in [3.8, 4) is 0 Å². The van der Waals surface area contributed by atoms with Crippen molar-refractivity contribution in [2.45, 2.75) is 214 Å². The Labute approximate surface area is 351 Å². The fourth-order valence-electron chi connectivity index (χ4n) is 11.7. The van der Waals surface area contributed by atoms with Gasteiger partial charge in [0, 0.05) is 43.4 Å². The van der Waals surface area contributed by atoms with Crippen LogP contribution in [0.15, 0.2) is 11.6 Å². The average molecular weight is 813 g/mol. The summed E-state index contributed by atoms with van der Waals surface area (Å²) in [6.07, 6.45) is 25.3. The molecule has 4 N–H and O–H groups in total. The number of nitrogens with zero attached hydrogens (tertiary/aromatic N) is 1. The highest BCUT2D eigenvalue weighted by Gasteiger charge is 2.59. The van der Waals surface area contributed by atoms with Crippen LogP contribution in [0.4, 0.5) is 0 Å². The summed E-state index contributed by atoms with van der Waals surface area (Å²) in [6.45, 7) is 22.2. The van der Waals surface area contributed by atoms with E-state index in [9.17, 15) is 9.59 Å². The van der Waals surface area contributed by atoms with Gasteiger partial charge in [-0.05, 0) is 145 Å². The van der Waals surface area contributed by atoms with E-state index in [-0.39, 0.29) is 59.3 Å². The van der Waals surface area contributed by atoms with Gasteiger partial charge in [-0.3, -0.25) is 9.59 Å². The molecule has 4 rings (SSSR count). The van der Waals surface area contributed by atoms with E-state index in [2.05, 4.69) is 54.5 Å². The molecule has 0 bridgehead atoms. The number of carbonyl (C=O) groups excluding carboxylic acids is 2. The first-order chi connectivity index (χ1) is 24.8. The number of ether oxygens (including phenoxy) is 1. The van der Waals surface area contributed by atoms with E-state index in [0.717, 1.165) is 93.4 Å². The Bertz CT molecular complexity index is 1210. The molecule has 8 heteroatoms. The number of nitrogens with two attached hydrogens (primary N) is 2. The SMILES string of the molecule is CC(C)CCCC(C)[C@H]1CC[C@H]2[C@@H]3CC=C4C[C@@H](OC(=O)CCCC(=O)N(CCCCCCCC(C)(C)N)CCC(C)(C)N)CC[C@]4(C)[C@H]3CC[C@]12C.Cl.Cl. The normalized spacial score (nSPS) is 29.5. The third-order valence-electron chi connectivity index (χ3n) is 15.0. The van der Waals surface area contributed by atoms with E-state index in [0.29, 0.717) is 31.2 Å². The average Bonchev–Trinajstić information content (AvgIpc) is 3.42. The van der Waals surface area contributed by atoms with Gasteiger partial charge in [-0.15, -0.1) is 24.8 Å². The van der Waals surface area contributed by atoms with Crippen LogP contribution >= 0.6 is 24.8 Å². The lowest BCUT2D eigenvalue weighted by atomic mass is 9.47. The number of allylic oxidation sites excluding steroid dienone is 1. The van der Waals surface area contributed by atoms with Crippen LogP contribution in [0.1, 0.15) is 197 Å². The van der Waals surface area contributed by atoms with Gasteiger partial charge in [-0.25, -0.2) is 0 Å². The lowest BCUT2D eigenvalue weighted by molar-refractivity contribution is -0.151. The van der Waals surface area contributed by atoms with Crippen LogP contribution in [0.25, 0.3) is 0 Å². The fraction of sp³-hybridized carbons (Fsp3) is 0.915. The standard InChI is InChI=1S/C47H85N3O3.2ClH/c1-34(2)17-15-18-35(3)39-23-24-40-38-22-21-36-33-37(25-28-46(36,8)41(38)26-29-47(39,40)9)53-43(52)20-16-19-42(51)50(32-30-45(6,7)49)31-14-12-10-11-13-27-44(4,5)48;;/h21,34-35,37-41H,10-20,22-33,48-49H2,1-9H3;2*1H/t35?,37-,38-,39+,40-,41-,46-,47+;;/m0../s1. The molecule has 3 fully saturated rings. The number of carbonyl (C=O) groups is 2. The van der Waals surface area contributed by atoms with Crippen molar-refractivity contribution < 1.29 is 14.3 Å². The first kappa shape index (κ1) is 50.3. The number of fused-ring (bicyclic) bond motifs is 5. The van der Waals surface area contributed by atoms with E-state index in [1.165, 1.54) is 64.2 Å². The van der Waals surface area contributed by atoms with Gasteiger partial charge in [-0.2, -0.15) is 0 Å². The molecule has 0 aromatic carbocycles. The van der Waals surface area contributed by atoms with Crippen LogP contribution in [0.2, 0.25) is 0 Å². The van der Waals surface area contributed by atoms with E-state index in [1.807, 2.05) is 18.7 Å². The monoisotopic (exact) mass is 812 g/mol. The fourth-order valence-corrected chi connectivity index (χ4v) is 11.7. The van der Waals surface area contributed by atoms with E-state index >= 15 is 0 Å². The molecule has 6 nitrogen and oxygen atoms in total. The third-order valence-corrected chi connectivity index (χ3v) is 15.0. The number of hydrogen-bond donors (Lipinski definition) is 2. The molecule has 0 aromatic rings. The third kappa shape index (κ3) is 14.5. The number of esters is 1. The largest absolute Gasteiger partial charge is 0.462 e. The van der Waals surface area contributed by atoms with Crippen LogP contribution in [0.3, 0.4) is 0 Å². The molecular weight excluding hydrogens is 725 g/mol. The van der Waals surface area contributed by atoms with E-state index < -0.39 is 0 Å². The first-order valence-corrected chi connectivity index (χ1v) is 22.6. The Morgan fingerprint density at radius 1 is 0.800 bits per heavy atom. The first-order valence-electron chi connectivity index (χ1n) is 22.6. The van der Waals surface area contributed by atoms with Crippen molar-refractivity contribution in [3.63, 3.8) is 0 Å². The molecule has 1 amide bonds. The molecule has 55 heavy (non-hydrogen) atoms. The minimum Gasteiger partial charge on any atom is -0.462 e. The summed E-state index contributed by atoms with van der Waals surface area (Å²) in [6, 6.07) is 0. The Balaban J connectivity index is 0.00000523. The highest BCUT2D eigenvalue weighted by Crippen LogP contribution is 2.67. The van der Waals surface area contributed by atoms with E-state index in [1.54, 1.807) is 5.57 Å². The smallest absolute Gasteiger partial charge is 0.306 e. The topological polar surface area (TPSA) is 98.7 Å². The number of unbranched alkanes of at least 4 members (excludes halogenated alkanes) is 4. The molecule has 4 aliphatic carbocycles. The quantitative estimate of drug-likeness (QED) is 0.0683. The predicted molar refractivity (Wildman–Crippen MR) is 237 cm³/mol. The van der Waals surface area contributed by atoms with Crippen molar-refractivity contribution in [2.24, 2.45) is 57.8 Å². The molecule has 0 aliphatic heterocycles. The zero-order valence-electron chi connectivity index (χ0n) is 37.0. The van der Waals surface area contributed by atoms with Crippen molar-refractivity contribution >= 4 is 36.7 Å². The van der Waals surface area contributed by atoms with Gasteiger partial charge in [0.05, 0.1) is 0 Å². The van der Waals surface area contributed by atoms with Crippen LogP contribution in [0, 0.1) is 46.3 Å². The second kappa shape index (κ2) is 22.0. The number of halogens is 2. The molecule has 1 unspecified atom stereocenters. The summed E-state index contributed by atoms with van der Waals surface area (Å²) in [5.74, 6) is 5.00. The number of amides is 1. The van der Waals surface area contributed by atoms with Gasteiger partial charge in [0.1, 0.15) is 6.10 Å². The second-order valence-electron chi connectivity index (χ2n) is 21.1. The maximum Gasteiger partial charge on any atom is 0.306 e. The highest BCUT2D eigenvalue weighted by molar-refractivity contribution is 5.85. The molecule has 3 saturated carbocycles. The van der Waals surface area contributed by atoms with Gasteiger partial charge >= 0.3 is 5.97 Å². The summed E-state index contributed by atoms with van der Waals surface area (Å²) in [5, 5.41) is 0. The van der Waals surface area contributed by atoms with Crippen molar-refractivity contribution in [3.05, 3.63) is 11.6 Å². The van der Waals surface area contributed by atoms with Crippen LogP contribution in [-0.4, -0.2) is 47.0 Å². The number of hydrogen-bond acceptors (Lipinski definition) is 5. The predicted octanol–water partition coefficient (Wildman–Crippen LogP) is 12.0. The maximum atomic E-state index is 13.3. The van der Waals surface area contributed by atoms with Crippen molar-refractivity contribution in [1.82, 2.24) is 4.90 Å². The van der Waals surface area contributed by atoms with Crippen LogP contribution < -0.4 is 11.5 Å². The zero-order chi connectivity index (χ0) is 39.0. The van der Waals surface area contributed by atoms with Gasteiger partial charge in [-0.1, -0.05) is 91.2 Å². The Kier molecular flexibility index (Phi) is 20.1. The number of rotatable bonds is 21. The van der Waals surface area contributed by atoms with Crippen molar-refractivity contribution in [1.29, 1.82) is 0 Å². The Hall–Kier alpha value is -0.820. The molecular formula is C47H87Cl2N3O3. The molecule has 322 valence electrons. The lowest BCUT2D eigenvalue weighted by Crippen LogP contribution is -2.51. The Morgan fingerprint density at radius 3 is 2.15 bits per heavy atom. The summed E-state index contributed by atoms with van der Waals surface area (Å²) in [4.78, 5) is 28.4. The van der Waals surface area contributed by atoms with Crippen LogP contribution in [-0.2, 0) is 14.3 Å². The lowest BCUT2D eigenvalue weighted by Gasteiger charge is -2.58. The minimum absolute atomic E-state index is 0. The molecule has 0 saturated heterocycles. The highest BCUT2D eigenvalue weighted by atomic mass is 35.5. The molecule has 0 heterocycles. The van der Waals surface area contributed by atoms with Crippen molar-refractivity contribution in [2.75, 3.05) is 13.1 Å². The summed E-state index contributed by atoms with van der Waals surface area (Å²) < 4.78 is 6.13. The van der Waals surface area contributed by atoms with Gasteiger partial charge in [0.15, 0.2) is 0 Å². The minimum atomic E-state index is -0.315. The zero-order valence-corrected chi connectivity index (χ0v) is 38.7. The summed E-state index contributed by atoms with van der Waals surface area (Å²) in [7, 11) is 0.